The van der Waals surface area contributed by atoms with Gasteiger partial charge in [-0.2, -0.15) is 5.12 Å². The summed E-state index contributed by atoms with van der Waals surface area (Å²) in [6.07, 6.45) is 0. The number of hydrogen-bond donors (Lipinski definition) is 1. The van der Waals surface area contributed by atoms with Crippen molar-refractivity contribution in [2.75, 3.05) is 20.2 Å². The molecule has 0 aliphatic carbocycles. The van der Waals surface area contributed by atoms with Crippen LogP contribution in [0.1, 0.15) is 13.8 Å². The van der Waals surface area contributed by atoms with E-state index in [0.717, 1.165) is 23.7 Å². The van der Waals surface area contributed by atoms with Crippen molar-refractivity contribution >= 4 is 5.90 Å². The molecule has 0 saturated carbocycles. The molecule has 0 fully saturated rings. The average Bonchev–Trinajstić information content (AvgIpc) is 2.73. The molecule has 0 aromatic carbocycles. The minimum atomic E-state index is 0.136. The van der Waals surface area contributed by atoms with Crippen molar-refractivity contribution in [1.29, 1.82) is 0 Å². The summed E-state index contributed by atoms with van der Waals surface area (Å²) in [5, 5.41) is 3.61. The van der Waals surface area contributed by atoms with Gasteiger partial charge in [-0.1, -0.05) is 0 Å². The van der Waals surface area contributed by atoms with Crippen LogP contribution in [0, 0.1) is 0 Å². The van der Waals surface area contributed by atoms with Crippen LogP contribution in [-0.4, -0.2) is 42.3 Å². The Bertz CT molecular complexity index is 310. The van der Waals surface area contributed by atoms with E-state index in [2.05, 4.69) is 4.99 Å². The summed E-state index contributed by atoms with van der Waals surface area (Å²) < 4.78 is 5.46. The highest BCUT2D eigenvalue weighted by molar-refractivity contribution is 5.96. The lowest BCUT2D eigenvalue weighted by atomic mass is 10.1. The molecular weight excluding hydrogens is 180 g/mol. The number of ether oxygens (including phenoxy) is 1. The van der Waals surface area contributed by atoms with Gasteiger partial charge >= 0.3 is 0 Å². The molecule has 1 atom stereocenters. The highest BCUT2D eigenvalue weighted by Crippen LogP contribution is 2.27. The fourth-order valence-corrected chi connectivity index (χ4v) is 1.87. The van der Waals surface area contributed by atoms with Crippen molar-refractivity contribution in [2.45, 2.75) is 19.9 Å². The molecule has 5 nitrogen and oxygen atoms in total. The molecular formula is C9H16N4O. The van der Waals surface area contributed by atoms with Gasteiger partial charge in [0.25, 0.3) is 0 Å². The molecule has 5 heteroatoms. The molecule has 0 amide bonds. The summed E-state index contributed by atoms with van der Waals surface area (Å²) in [5.41, 5.74) is 2.22. The monoisotopic (exact) mass is 196 g/mol. The van der Waals surface area contributed by atoms with Crippen LogP contribution in [0.25, 0.3) is 0 Å². The minimum Gasteiger partial charge on any atom is -0.476 e. The molecule has 2 aliphatic heterocycles. The molecule has 0 radical (unpaired) electrons. The van der Waals surface area contributed by atoms with Gasteiger partial charge in [0, 0.05) is 12.7 Å². The molecule has 1 unspecified atom stereocenters. The summed E-state index contributed by atoms with van der Waals surface area (Å²) in [6, 6.07) is 0.136. The van der Waals surface area contributed by atoms with Crippen LogP contribution in [0.2, 0.25) is 0 Å². The van der Waals surface area contributed by atoms with Crippen molar-refractivity contribution in [3.8, 4) is 0 Å². The van der Waals surface area contributed by atoms with Crippen LogP contribution in [0.5, 0.6) is 0 Å². The van der Waals surface area contributed by atoms with Gasteiger partial charge in [-0.3, -0.25) is 5.01 Å². The van der Waals surface area contributed by atoms with Crippen molar-refractivity contribution in [1.82, 2.24) is 10.1 Å². The second kappa shape index (κ2) is 3.25. The Kier molecular flexibility index (Phi) is 2.20. The summed E-state index contributed by atoms with van der Waals surface area (Å²) in [5.74, 6) is 6.64. The molecule has 0 bridgehead atoms. The number of nitrogens with zero attached hydrogens (tertiary/aromatic N) is 3. The maximum atomic E-state index is 5.88. The van der Waals surface area contributed by atoms with Gasteiger partial charge in [-0.25, -0.2) is 10.8 Å². The number of hydrogen-bond acceptors (Lipinski definition) is 5. The third-order valence-electron chi connectivity index (χ3n) is 2.85. The van der Waals surface area contributed by atoms with Gasteiger partial charge in [-0.05, 0) is 13.8 Å². The van der Waals surface area contributed by atoms with Crippen molar-refractivity contribution < 1.29 is 4.74 Å². The molecule has 14 heavy (non-hydrogen) atoms. The van der Waals surface area contributed by atoms with E-state index in [9.17, 15) is 0 Å². The molecule has 2 rings (SSSR count). The molecule has 78 valence electrons. The highest BCUT2D eigenvalue weighted by Gasteiger charge is 2.34. The molecule has 2 aliphatic rings. The quantitative estimate of drug-likeness (QED) is 0.605. The third kappa shape index (κ3) is 1.20. The summed E-state index contributed by atoms with van der Waals surface area (Å²) >= 11 is 0. The van der Waals surface area contributed by atoms with Crippen molar-refractivity contribution in [3.05, 3.63) is 11.3 Å². The number of rotatable bonds is 1. The lowest BCUT2D eigenvalue weighted by Gasteiger charge is -2.25. The number of nitrogens with two attached hydrogens (primary N) is 1. The SMILES string of the molecule is CC1=C(C2=NCCO2)C(C)N(N)N1C. The van der Waals surface area contributed by atoms with Gasteiger partial charge in [0.15, 0.2) is 0 Å². The van der Waals surface area contributed by atoms with Crippen LogP contribution in [0.3, 0.4) is 0 Å². The Morgan fingerprint density at radius 3 is 2.71 bits per heavy atom. The maximum absolute atomic E-state index is 5.88. The van der Waals surface area contributed by atoms with Crippen LogP contribution in [0.4, 0.5) is 0 Å². The smallest absolute Gasteiger partial charge is 0.215 e. The zero-order valence-corrected chi connectivity index (χ0v) is 8.82. The number of aliphatic imine (C=N–C) groups is 1. The van der Waals surface area contributed by atoms with Gasteiger partial charge in [0.2, 0.25) is 5.90 Å². The first kappa shape index (κ1) is 9.48. The largest absolute Gasteiger partial charge is 0.476 e. The number of allylic oxidation sites excluding steroid dienone is 1. The van der Waals surface area contributed by atoms with Crippen LogP contribution in [-0.2, 0) is 4.74 Å². The van der Waals surface area contributed by atoms with Crippen molar-refractivity contribution in [3.63, 3.8) is 0 Å². The first-order chi connectivity index (χ1) is 6.63. The standard InChI is InChI=1S/C9H16N4O/c1-6-8(9-11-4-5-14-9)7(2)13(10)12(6)3/h7H,4-5,10H2,1-3H3. The van der Waals surface area contributed by atoms with Crippen molar-refractivity contribution in [2.24, 2.45) is 10.8 Å². The fraction of sp³-hybridized carbons (Fsp3) is 0.667. The van der Waals surface area contributed by atoms with E-state index in [1.807, 2.05) is 25.9 Å². The van der Waals surface area contributed by atoms with E-state index < -0.39 is 0 Å². The minimum absolute atomic E-state index is 0.136. The lowest BCUT2D eigenvalue weighted by Crippen LogP contribution is -2.44. The van der Waals surface area contributed by atoms with Crippen LogP contribution >= 0.6 is 0 Å². The lowest BCUT2D eigenvalue weighted by molar-refractivity contribution is 0.0349. The molecule has 0 saturated heterocycles. The van der Waals surface area contributed by atoms with Gasteiger partial charge < -0.3 is 4.74 Å². The predicted octanol–water partition coefficient (Wildman–Crippen LogP) is 0.114. The Morgan fingerprint density at radius 1 is 1.57 bits per heavy atom. The van der Waals surface area contributed by atoms with E-state index in [1.54, 1.807) is 5.12 Å². The summed E-state index contributed by atoms with van der Waals surface area (Å²) in [6.45, 7) is 5.52. The first-order valence-electron chi connectivity index (χ1n) is 4.79. The first-order valence-corrected chi connectivity index (χ1v) is 4.79. The zero-order valence-electron chi connectivity index (χ0n) is 8.82. The Balaban J connectivity index is 2.33. The van der Waals surface area contributed by atoms with E-state index in [0.29, 0.717) is 6.61 Å². The molecule has 0 aromatic rings. The van der Waals surface area contributed by atoms with Gasteiger partial charge in [-0.15, -0.1) is 0 Å². The predicted molar refractivity (Wildman–Crippen MR) is 54.2 cm³/mol. The van der Waals surface area contributed by atoms with Crippen LogP contribution in [0.15, 0.2) is 16.3 Å². The topological polar surface area (TPSA) is 54.1 Å². The second-order valence-corrected chi connectivity index (χ2v) is 3.61. The molecule has 0 aromatic heterocycles. The zero-order chi connectivity index (χ0) is 10.3. The molecule has 2 N–H and O–H groups in total. The maximum Gasteiger partial charge on any atom is 0.215 e. The Morgan fingerprint density at radius 2 is 2.29 bits per heavy atom. The van der Waals surface area contributed by atoms with E-state index >= 15 is 0 Å². The second-order valence-electron chi connectivity index (χ2n) is 3.61. The average molecular weight is 196 g/mol. The normalized spacial score (nSPS) is 28.4. The summed E-state index contributed by atoms with van der Waals surface area (Å²) in [4.78, 5) is 4.32. The fourth-order valence-electron chi connectivity index (χ4n) is 1.87. The molecule has 0 spiro atoms. The van der Waals surface area contributed by atoms with Gasteiger partial charge in [0.1, 0.15) is 6.61 Å². The summed E-state index contributed by atoms with van der Waals surface area (Å²) in [7, 11) is 1.94. The van der Waals surface area contributed by atoms with Gasteiger partial charge in [0.05, 0.1) is 18.2 Å². The molecule has 2 heterocycles. The number of hydrazine groups is 2. The van der Waals surface area contributed by atoms with Crippen LogP contribution < -0.4 is 5.84 Å². The van der Waals surface area contributed by atoms with E-state index in [-0.39, 0.29) is 6.04 Å². The highest BCUT2D eigenvalue weighted by atomic mass is 16.5. The van der Waals surface area contributed by atoms with E-state index in [1.165, 1.54) is 0 Å². The van der Waals surface area contributed by atoms with E-state index in [4.69, 9.17) is 10.6 Å². The Hall–Kier alpha value is -1.07. The third-order valence-corrected chi connectivity index (χ3v) is 2.85. The Labute approximate surface area is 83.8 Å².